The molecule has 2 aromatic rings. The number of primary amides is 1. The molecule has 3 amide bonds. The van der Waals surface area contributed by atoms with Gasteiger partial charge < -0.3 is 32.6 Å². The molecule has 0 heterocycles. The van der Waals surface area contributed by atoms with Crippen molar-refractivity contribution in [2.45, 2.75) is 70.5 Å². The second-order valence-corrected chi connectivity index (χ2v) is 9.94. The van der Waals surface area contributed by atoms with Crippen LogP contribution in [-0.4, -0.2) is 54.1 Å². The summed E-state index contributed by atoms with van der Waals surface area (Å²) in [4.78, 5) is 63.0. The Hall–Kier alpha value is -4.09. The number of rotatable bonds is 17. The van der Waals surface area contributed by atoms with Gasteiger partial charge >= 0.3 is 5.97 Å². The summed E-state index contributed by atoms with van der Waals surface area (Å²) in [7, 11) is 0. The van der Waals surface area contributed by atoms with Crippen LogP contribution >= 0.6 is 0 Å². The first-order valence-corrected chi connectivity index (χ1v) is 13.7. The molecule has 0 saturated heterocycles. The number of ether oxygens (including phenoxy) is 1. The van der Waals surface area contributed by atoms with Gasteiger partial charge in [-0.05, 0) is 49.1 Å². The van der Waals surface area contributed by atoms with Gasteiger partial charge in [0.1, 0.15) is 23.6 Å². The van der Waals surface area contributed by atoms with Crippen LogP contribution in [-0.2, 0) is 36.8 Å². The number of nitrogens with two attached hydrogens (primary N) is 3. The van der Waals surface area contributed by atoms with E-state index in [1.54, 1.807) is 48.5 Å². The second kappa shape index (κ2) is 16.9. The second-order valence-electron chi connectivity index (χ2n) is 9.94. The smallest absolute Gasteiger partial charge is 0.308 e. The Morgan fingerprint density at radius 2 is 1.44 bits per heavy atom. The van der Waals surface area contributed by atoms with Gasteiger partial charge in [0.25, 0.3) is 0 Å². The summed E-state index contributed by atoms with van der Waals surface area (Å²) < 4.78 is 5.06. The van der Waals surface area contributed by atoms with Crippen LogP contribution in [0.15, 0.2) is 54.6 Å². The molecular weight excluding hydrogens is 526 g/mol. The predicted molar refractivity (Wildman–Crippen MR) is 154 cm³/mol. The third-order valence-electron chi connectivity index (χ3n) is 6.57. The van der Waals surface area contributed by atoms with E-state index in [9.17, 15) is 24.0 Å². The van der Waals surface area contributed by atoms with Crippen LogP contribution in [0, 0.1) is 5.92 Å². The lowest BCUT2D eigenvalue weighted by molar-refractivity contribution is -0.134. The number of ketones is 1. The van der Waals surface area contributed by atoms with Gasteiger partial charge in [0, 0.05) is 32.1 Å². The van der Waals surface area contributed by atoms with Crippen molar-refractivity contribution in [1.29, 1.82) is 0 Å². The zero-order valence-corrected chi connectivity index (χ0v) is 23.6. The van der Waals surface area contributed by atoms with Gasteiger partial charge in [-0.1, -0.05) is 49.4 Å². The Kier molecular flexibility index (Phi) is 13.6. The third-order valence-corrected chi connectivity index (χ3v) is 6.57. The van der Waals surface area contributed by atoms with Gasteiger partial charge in [-0.25, -0.2) is 0 Å². The molecule has 0 radical (unpaired) electrons. The molecule has 4 atom stereocenters. The summed E-state index contributed by atoms with van der Waals surface area (Å²) in [5, 5.41) is 5.33. The molecular formula is C30H41N5O6. The molecule has 0 aliphatic carbocycles. The van der Waals surface area contributed by atoms with E-state index in [1.165, 1.54) is 6.92 Å². The maximum atomic E-state index is 13.5. The van der Waals surface area contributed by atoms with Crippen LogP contribution < -0.4 is 32.6 Å². The minimum Gasteiger partial charge on any atom is -0.427 e. The van der Waals surface area contributed by atoms with Gasteiger partial charge in [0.2, 0.25) is 17.7 Å². The topological polar surface area (TPSA) is 197 Å². The Labute approximate surface area is 240 Å². The van der Waals surface area contributed by atoms with Gasteiger partial charge in [-0.2, -0.15) is 0 Å². The Bertz CT molecular complexity index is 1170. The van der Waals surface area contributed by atoms with Crippen LogP contribution in [0.5, 0.6) is 5.75 Å². The Morgan fingerprint density at radius 3 is 2.00 bits per heavy atom. The first kappa shape index (κ1) is 33.1. The lowest BCUT2D eigenvalue weighted by Crippen LogP contribution is -2.57. The molecule has 0 spiro atoms. The summed E-state index contributed by atoms with van der Waals surface area (Å²) in [6.07, 6.45) is 1.92. The number of carbonyl (C=O) groups is 5. The van der Waals surface area contributed by atoms with Crippen LogP contribution in [0.25, 0.3) is 0 Å². The molecule has 0 saturated carbocycles. The van der Waals surface area contributed by atoms with Crippen LogP contribution in [0.4, 0.5) is 0 Å². The van der Waals surface area contributed by atoms with Crippen molar-refractivity contribution in [2.24, 2.45) is 23.1 Å². The largest absolute Gasteiger partial charge is 0.427 e. The average Bonchev–Trinajstić information content (AvgIpc) is 2.93. The minimum atomic E-state index is -1.20. The fourth-order valence-corrected chi connectivity index (χ4v) is 4.41. The number of hydrogen-bond acceptors (Lipinski definition) is 8. The molecule has 2 rings (SSSR count). The van der Waals surface area contributed by atoms with Crippen LogP contribution in [0.1, 0.15) is 50.7 Å². The van der Waals surface area contributed by atoms with E-state index in [1.807, 2.05) is 13.0 Å². The monoisotopic (exact) mass is 567 g/mol. The summed E-state index contributed by atoms with van der Waals surface area (Å²) in [6.45, 7) is 3.49. The van der Waals surface area contributed by atoms with E-state index >= 15 is 0 Å². The lowest BCUT2D eigenvalue weighted by Gasteiger charge is -2.26. The van der Waals surface area contributed by atoms with E-state index in [0.717, 1.165) is 5.56 Å². The number of carbonyl (C=O) groups excluding carboxylic acids is 5. The molecule has 11 heteroatoms. The van der Waals surface area contributed by atoms with Crippen molar-refractivity contribution in [3.63, 3.8) is 0 Å². The first-order chi connectivity index (χ1) is 19.5. The molecule has 11 nitrogen and oxygen atoms in total. The summed E-state index contributed by atoms with van der Waals surface area (Å²) in [5.41, 5.74) is 18.9. The maximum Gasteiger partial charge on any atom is 0.308 e. The van der Waals surface area contributed by atoms with Crippen molar-refractivity contribution in [1.82, 2.24) is 10.6 Å². The molecule has 0 aliphatic rings. The predicted octanol–water partition coefficient (Wildman–Crippen LogP) is 0.904. The number of esters is 1. The third kappa shape index (κ3) is 11.1. The molecule has 0 bridgehead atoms. The zero-order valence-electron chi connectivity index (χ0n) is 23.6. The van der Waals surface area contributed by atoms with E-state index in [0.29, 0.717) is 37.1 Å². The molecule has 0 aliphatic heterocycles. The van der Waals surface area contributed by atoms with Gasteiger partial charge in [0.15, 0.2) is 0 Å². The summed E-state index contributed by atoms with van der Waals surface area (Å²) in [5.74, 6) is -3.10. The molecule has 0 fully saturated rings. The first-order valence-electron chi connectivity index (χ1n) is 13.7. The number of amides is 3. The highest BCUT2D eigenvalue weighted by molar-refractivity contribution is 5.95. The van der Waals surface area contributed by atoms with Gasteiger partial charge in [-0.3, -0.25) is 24.0 Å². The average molecular weight is 568 g/mol. The molecule has 222 valence electrons. The summed E-state index contributed by atoms with van der Waals surface area (Å²) in [6, 6.07) is 12.1. The molecule has 0 aromatic heterocycles. The van der Waals surface area contributed by atoms with Crippen molar-refractivity contribution in [3.05, 3.63) is 65.7 Å². The van der Waals surface area contributed by atoms with Gasteiger partial charge in [-0.15, -0.1) is 0 Å². The zero-order chi connectivity index (χ0) is 30.4. The van der Waals surface area contributed by atoms with Crippen LogP contribution in [0.2, 0.25) is 0 Å². The fraction of sp³-hybridized carbons (Fsp3) is 0.433. The number of Topliss-reactive ketones (excluding diaryl/α,β-unsaturated/α-hetero) is 1. The molecule has 41 heavy (non-hydrogen) atoms. The molecule has 8 N–H and O–H groups in total. The lowest BCUT2D eigenvalue weighted by atomic mass is 9.88. The molecule has 1 unspecified atom stereocenters. The Balaban J connectivity index is 2.29. The summed E-state index contributed by atoms with van der Waals surface area (Å²) >= 11 is 0. The fourth-order valence-electron chi connectivity index (χ4n) is 4.41. The molecule has 2 aromatic carbocycles. The van der Waals surface area contributed by atoms with Crippen molar-refractivity contribution >= 4 is 29.5 Å². The SMILES string of the molecule is CCCC(=O)C(CCCN)[C@H](N)C(=O)N[C@@H](Cc1ccc(OC(C)=O)cc1)C(=O)N[C@@H](Cc1ccccc1)C(N)=O. The van der Waals surface area contributed by atoms with Gasteiger partial charge in [0.05, 0.1) is 6.04 Å². The standard InChI is InChI=1S/C30H41N5O6/c1-3-8-26(37)23(11-7-16-31)27(32)30(40)35-25(18-21-12-14-22(15-13-21)41-19(2)36)29(39)34-24(28(33)38)17-20-9-5-4-6-10-20/h4-6,9-10,12-15,23-25,27H,3,7-8,11,16-18,31-32H2,1-2H3,(H2,33,38)(H,34,39)(H,35,40)/t23?,24-,25-,27-/m0/s1. The van der Waals surface area contributed by atoms with Crippen LogP contribution in [0.3, 0.4) is 0 Å². The van der Waals surface area contributed by atoms with E-state index < -0.39 is 47.7 Å². The normalized spacial score (nSPS) is 13.8. The number of hydrogen-bond donors (Lipinski definition) is 5. The van der Waals surface area contributed by atoms with Crippen molar-refractivity contribution in [3.8, 4) is 5.75 Å². The Morgan fingerprint density at radius 1 is 0.854 bits per heavy atom. The van der Waals surface area contributed by atoms with Crippen molar-refractivity contribution in [2.75, 3.05) is 6.54 Å². The van der Waals surface area contributed by atoms with E-state index in [-0.39, 0.29) is 25.0 Å². The number of nitrogens with one attached hydrogen (secondary N) is 2. The van der Waals surface area contributed by atoms with E-state index in [2.05, 4.69) is 10.6 Å². The maximum absolute atomic E-state index is 13.5. The highest BCUT2D eigenvalue weighted by Crippen LogP contribution is 2.17. The number of benzene rings is 2. The van der Waals surface area contributed by atoms with E-state index in [4.69, 9.17) is 21.9 Å². The highest BCUT2D eigenvalue weighted by Gasteiger charge is 2.33. The minimum absolute atomic E-state index is 0.0256. The highest BCUT2D eigenvalue weighted by atomic mass is 16.5. The van der Waals surface area contributed by atoms with Crippen molar-refractivity contribution < 1.29 is 28.7 Å². The quantitative estimate of drug-likeness (QED) is 0.137.